The van der Waals surface area contributed by atoms with E-state index < -0.39 is 0 Å². The van der Waals surface area contributed by atoms with Gasteiger partial charge in [0.05, 0.1) is 6.54 Å². The highest BCUT2D eigenvalue weighted by Gasteiger charge is 2.16. The molecule has 1 aromatic heterocycles. The smallest absolute Gasteiger partial charge is 0.326 e. The lowest BCUT2D eigenvalue weighted by atomic mass is 10.1. The van der Waals surface area contributed by atoms with Crippen LogP contribution in [-0.2, 0) is 26.1 Å². The van der Waals surface area contributed by atoms with Gasteiger partial charge in [-0.3, -0.25) is 4.57 Å². The van der Waals surface area contributed by atoms with Gasteiger partial charge in [-0.15, -0.1) is 0 Å². The van der Waals surface area contributed by atoms with Gasteiger partial charge in [0.1, 0.15) is 5.82 Å². The van der Waals surface area contributed by atoms with E-state index in [4.69, 9.17) is 5.73 Å². The first kappa shape index (κ1) is 13.1. The number of aryl methyl sites for hydroxylation is 2. The monoisotopic (exact) mass is 272 g/mol. The summed E-state index contributed by atoms with van der Waals surface area (Å²) in [5.41, 5.74) is 9.05. The molecule has 1 aromatic carbocycles. The summed E-state index contributed by atoms with van der Waals surface area (Å²) in [6.07, 6.45) is 3.11. The zero-order valence-corrected chi connectivity index (χ0v) is 11.8. The summed E-state index contributed by atoms with van der Waals surface area (Å²) in [7, 11) is 0. The first-order chi connectivity index (χ1) is 9.69. The second kappa shape index (κ2) is 5.25. The molecule has 0 unspecified atom stereocenters. The van der Waals surface area contributed by atoms with Crippen LogP contribution in [0.4, 0.5) is 0 Å². The largest absolute Gasteiger partial charge is 0.346 e. The predicted molar refractivity (Wildman–Crippen MR) is 77.6 cm³/mol. The van der Waals surface area contributed by atoms with Crippen LogP contribution in [0.1, 0.15) is 35.4 Å². The molecule has 1 aliphatic rings. The summed E-state index contributed by atoms with van der Waals surface area (Å²) in [6, 6.07) is 6.14. The zero-order chi connectivity index (χ0) is 14.1. The van der Waals surface area contributed by atoms with Gasteiger partial charge >= 0.3 is 5.69 Å². The predicted octanol–water partition coefficient (Wildman–Crippen LogP) is 1.20. The topological polar surface area (TPSA) is 65.8 Å². The van der Waals surface area contributed by atoms with Crippen LogP contribution >= 0.6 is 0 Å². The van der Waals surface area contributed by atoms with Crippen LogP contribution in [0.2, 0.25) is 0 Å². The van der Waals surface area contributed by atoms with Crippen molar-refractivity contribution >= 4 is 0 Å². The zero-order valence-electron chi connectivity index (χ0n) is 11.8. The van der Waals surface area contributed by atoms with Gasteiger partial charge in [0.25, 0.3) is 0 Å². The molecule has 3 rings (SSSR count). The standard InChI is InChI=1S/C15H20N4O/c1-11-8-12(9-16)5-6-13(11)10-19-15(20)18-7-3-2-4-14(18)17-19/h5-6,8H,2-4,7,9-10,16H2,1H3. The van der Waals surface area contributed by atoms with Gasteiger partial charge < -0.3 is 5.73 Å². The van der Waals surface area contributed by atoms with Gasteiger partial charge in [-0.25, -0.2) is 9.48 Å². The highest BCUT2D eigenvalue weighted by Crippen LogP contribution is 2.13. The summed E-state index contributed by atoms with van der Waals surface area (Å²) in [4.78, 5) is 12.3. The molecule has 2 aromatic rings. The van der Waals surface area contributed by atoms with E-state index in [1.165, 1.54) is 0 Å². The van der Waals surface area contributed by atoms with Crippen molar-refractivity contribution in [2.75, 3.05) is 0 Å². The molecule has 5 nitrogen and oxygen atoms in total. The van der Waals surface area contributed by atoms with E-state index in [1.54, 1.807) is 4.68 Å². The number of benzene rings is 1. The van der Waals surface area contributed by atoms with Gasteiger partial charge in [-0.2, -0.15) is 5.10 Å². The Balaban J connectivity index is 1.92. The fraction of sp³-hybridized carbons (Fsp3) is 0.467. The van der Waals surface area contributed by atoms with Crippen molar-refractivity contribution in [3.8, 4) is 0 Å². The number of aromatic nitrogens is 3. The number of nitrogens with zero attached hydrogens (tertiary/aromatic N) is 3. The quantitative estimate of drug-likeness (QED) is 0.913. The van der Waals surface area contributed by atoms with Crippen LogP contribution in [0, 0.1) is 6.92 Å². The van der Waals surface area contributed by atoms with Gasteiger partial charge in [0.15, 0.2) is 0 Å². The molecule has 2 heterocycles. The average molecular weight is 272 g/mol. The van der Waals surface area contributed by atoms with Crippen LogP contribution in [0.15, 0.2) is 23.0 Å². The molecule has 5 heteroatoms. The molecule has 0 saturated heterocycles. The van der Waals surface area contributed by atoms with Crippen molar-refractivity contribution in [3.63, 3.8) is 0 Å². The lowest BCUT2D eigenvalue weighted by molar-refractivity contribution is 0.511. The van der Waals surface area contributed by atoms with Crippen LogP contribution in [0.25, 0.3) is 0 Å². The van der Waals surface area contributed by atoms with Crippen molar-refractivity contribution in [2.24, 2.45) is 5.73 Å². The highest BCUT2D eigenvalue weighted by atomic mass is 16.2. The average Bonchev–Trinajstić information content (AvgIpc) is 2.78. The van der Waals surface area contributed by atoms with Crippen molar-refractivity contribution in [3.05, 3.63) is 51.2 Å². The van der Waals surface area contributed by atoms with Crippen molar-refractivity contribution in [1.82, 2.24) is 14.3 Å². The molecule has 0 saturated carbocycles. The highest BCUT2D eigenvalue weighted by molar-refractivity contribution is 5.31. The van der Waals surface area contributed by atoms with Gasteiger partial charge in [0.2, 0.25) is 0 Å². The second-order valence-electron chi connectivity index (χ2n) is 5.43. The fourth-order valence-electron chi connectivity index (χ4n) is 2.78. The van der Waals surface area contributed by atoms with E-state index in [0.29, 0.717) is 13.1 Å². The minimum absolute atomic E-state index is 0.0157. The minimum atomic E-state index is 0.0157. The van der Waals surface area contributed by atoms with E-state index in [9.17, 15) is 4.79 Å². The molecule has 20 heavy (non-hydrogen) atoms. The van der Waals surface area contributed by atoms with E-state index >= 15 is 0 Å². The Labute approximate surface area is 118 Å². The van der Waals surface area contributed by atoms with Crippen molar-refractivity contribution < 1.29 is 0 Å². The second-order valence-corrected chi connectivity index (χ2v) is 5.43. The van der Waals surface area contributed by atoms with E-state index in [1.807, 2.05) is 16.7 Å². The Kier molecular flexibility index (Phi) is 3.44. The lowest BCUT2D eigenvalue weighted by Crippen LogP contribution is -2.27. The van der Waals surface area contributed by atoms with E-state index in [2.05, 4.69) is 18.1 Å². The molecule has 0 atom stereocenters. The van der Waals surface area contributed by atoms with Gasteiger partial charge in [-0.05, 0) is 36.5 Å². The molecule has 0 bridgehead atoms. The Bertz CT molecular complexity index is 684. The number of hydrogen-bond acceptors (Lipinski definition) is 3. The maximum Gasteiger partial charge on any atom is 0.346 e. The molecule has 0 amide bonds. The Morgan fingerprint density at radius 3 is 2.90 bits per heavy atom. The van der Waals surface area contributed by atoms with E-state index in [-0.39, 0.29) is 5.69 Å². The summed E-state index contributed by atoms with van der Waals surface area (Å²) < 4.78 is 3.40. The van der Waals surface area contributed by atoms with Crippen molar-refractivity contribution in [2.45, 2.75) is 45.8 Å². The molecule has 1 aliphatic heterocycles. The maximum atomic E-state index is 12.3. The third-order valence-electron chi connectivity index (χ3n) is 3.99. The Morgan fingerprint density at radius 2 is 2.20 bits per heavy atom. The third-order valence-corrected chi connectivity index (χ3v) is 3.99. The number of fused-ring (bicyclic) bond motifs is 1. The number of hydrogen-bond donors (Lipinski definition) is 1. The van der Waals surface area contributed by atoms with Crippen molar-refractivity contribution in [1.29, 1.82) is 0 Å². The Hall–Kier alpha value is -1.88. The summed E-state index contributed by atoms with van der Waals surface area (Å²) in [6.45, 7) is 3.93. The van der Waals surface area contributed by atoms with Crippen LogP contribution in [-0.4, -0.2) is 14.3 Å². The number of nitrogens with two attached hydrogens (primary N) is 1. The van der Waals surface area contributed by atoms with E-state index in [0.717, 1.165) is 48.3 Å². The molecular weight excluding hydrogens is 252 g/mol. The molecule has 0 spiro atoms. The molecule has 106 valence electrons. The first-order valence-electron chi connectivity index (χ1n) is 7.14. The Morgan fingerprint density at radius 1 is 1.35 bits per heavy atom. The summed E-state index contributed by atoms with van der Waals surface area (Å²) >= 11 is 0. The molecule has 0 fully saturated rings. The molecule has 0 aliphatic carbocycles. The normalized spacial score (nSPS) is 14.3. The van der Waals surface area contributed by atoms with Gasteiger partial charge in [-0.1, -0.05) is 18.2 Å². The fourth-order valence-corrected chi connectivity index (χ4v) is 2.78. The van der Waals surface area contributed by atoms with Gasteiger partial charge in [0, 0.05) is 19.5 Å². The number of rotatable bonds is 3. The minimum Gasteiger partial charge on any atom is -0.326 e. The molecular formula is C15H20N4O. The molecule has 0 radical (unpaired) electrons. The third kappa shape index (κ3) is 2.29. The van der Waals surface area contributed by atoms with Crippen LogP contribution in [0.5, 0.6) is 0 Å². The lowest BCUT2D eigenvalue weighted by Gasteiger charge is -2.09. The van der Waals surface area contributed by atoms with Crippen LogP contribution in [0.3, 0.4) is 0 Å². The van der Waals surface area contributed by atoms with Crippen LogP contribution < -0.4 is 11.4 Å². The molecule has 2 N–H and O–H groups in total. The summed E-state index contributed by atoms with van der Waals surface area (Å²) in [5.74, 6) is 0.928. The first-order valence-corrected chi connectivity index (χ1v) is 7.14. The SMILES string of the molecule is Cc1cc(CN)ccc1Cn1nc2n(c1=O)CCCC2. The summed E-state index contributed by atoms with van der Waals surface area (Å²) in [5, 5.41) is 4.47. The maximum absolute atomic E-state index is 12.3.